The molecule has 2 heterocycles. The summed E-state index contributed by atoms with van der Waals surface area (Å²) in [5, 5.41) is 16.0. The Morgan fingerprint density at radius 1 is 1.24 bits per heavy atom. The van der Waals surface area contributed by atoms with Crippen molar-refractivity contribution >= 4 is 23.1 Å². The van der Waals surface area contributed by atoms with Crippen molar-refractivity contribution in [2.45, 2.75) is 31.7 Å². The molecule has 0 fully saturated rings. The van der Waals surface area contributed by atoms with Crippen LogP contribution in [-0.4, -0.2) is 25.2 Å². The molecule has 0 N–H and O–H groups in total. The van der Waals surface area contributed by atoms with Gasteiger partial charge >= 0.3 is 0 Å². The number of hydrogen-bond donors (Lipinski definition) is 0. The number of nitrogens with zero attached hydrogens (tertiary/aromatic N) is 5. The third kappa shape index (κ3) is 2.98. The molecule has 0 radical (unpaired) electrons. The minimum Gasteiger partial charge on any atom is -0.246 e. The van der Waals surface area contributed by atoms with Crippen LogP contribution in [0.3, 0.4) is 0 Å². The molecule has 1 aromatic carbocycles. The average molecular weight is 317 g/mol. The van der Waals surface area contributed by atoms with E-state index in [1.54, 1.807) is 27.8 Å². The normalized spacial score (nSPS) is 11.0. The third-order valence-corrected chi connectivity index (χ3v) is 5.04. The minimum atomic E-state index is 0.773. The molecule has 0 aliphatic heterocycles. The van der Waals surface area contributed by atoms with Crippen LogP contribution >= 0.6 is 23.1 Å². The van der Waals surface area contributed by atoms with Crippen LogP contribution in [0.15, 0.2) is 28.7 Å². The van der Waals surface area contributed by atoms with E-state index in [2.05, 4.69) is 45.8 Å². The Kier molecular flexibility index (Phi) is 4.03. The van der Waals surface area contributed by atoms with Crippen LogP contribution in [0, 0.1) is 20.8 Å². The van der Waals surface area contributed by atoms with Crippen LogP contribution in [-0.2, 0) is 5.75 Å². The lowest BCUT2D eigenvalue weighted by Gasteiger charge is -2.09. The summed E-state index contributed by atoms with van der Waals surface area (Å²) < 4.78 is 1.80. The zero-order valence-electron chi connectivity index (χ0n) is 12.1. The second-order valence-electron chi connectivity index (χ2n) is 4.74. The molecule has 0 amide bonds. The van der Waals surface area contributed by atoms with E-state index in [9.17, 15) is 0 Å². The van der Waals surface area contributed by atoms with Crippen molar-refractivity contribution in [1.82, 2.24) is 25.2 Å². The van der Waals surface area contributed by atoms with Gasteiger partial charge in [-0.2, -0.15) is 4.68 Å². The first kappa shape index (κ1) is 14.2. The highest BCUT2D eigenvalue weighted by atomic mass is 32.2. The van der Waals surface area contributed by atoms with E-state index in [0.717, 1.165) is 27.3 Å². The SMILES string of the molecule is Cc1nc(CSc2nnnn2-c2cccc(C)c2C)cs1. The zero-order valence-corrected chi connectivity index (χ0v) is 13.7. The second kappa shape index (κ2) is 5.95. The molecule has 3 aromatic rings. The fraction of sp³-hybridized carbons (Fsp3) is 0.286. The maximum atomic E-state index is 4.46. The molecule has 0 bridgehead atoms. The minimum absolute atomic E-state index is 0.773. The number of thioether (sulfide) groups is 1. The highest BCUT2D eigenvalue weighted by Gasteiger charge is 2.12. The molecule has 0 aliphatic rings. The molecule has 0 saturated heterocycles. The van der Waals surface area contributed by atoms with E-state index in [0.29, 0.717) is 0 Å². The first-order chi connectivity index (χ1) is 10.1. The molecule has 0 spiro atoms. The second-order valence-corrected chi connectivity index (χ2v) is 6.74. The van der Waals surface area contributed by atoms with Gasteiger partial charge in [0.1, 0.15) is 0 Å². The summed E-state index contributed by atoms with van der Waals surface area (Å²) >= 11 is 3.26. The van der Waals surface area contributed by atoms with Crippen molar-refractivity contribution < 1.29 is 0 Å². The van der Waals surface area contributed by atoms with Crippen LogP contribution < -0.4 is 0 Å². The molecule has 21 heavy (non-hydrogen) atoms. The van der Waals surface area contributed by atoms with Gasteiger partial charge in [-0.3, -0.25) is 0 Å². The van der Waals surface area contributed by atoms with E-state index < -0.39 is 0 Å². The van der Waals surface area contributed by atoms with Crippen LogP contribution in [0.4, 0.5) is 0 Å². The molecule has 7 heteroatoms. The Hall–Kier alpha value is -1.73. The van der Waals surface area contributed by atoms with Gasteiger partial charge in [0.2, 0.25) is 5.16 Å². The standard InChI is InChI=1S/C14H15N5S2/c1-9-5-4-6-13(10(9)2)19-14(16-17-18-19)21-8-12-7-20-11(3)15-12/h4-7H,8H2,1-3H3. The Morgan fingerprint density at radius 3 is 2.86 bits per heavy atom. The number of aromatic nitrogens is 5. The molecule has 0 aliphatic carbocycles. The Morgan fingerprint density at radius 2 is 2.10 bits per heavy atom. The molecule has 2 aromatic heterocycles. The Bertz CT molecular complexity index is 762. The van der Waals surface area contributed by atoms with Crippen molar-refractivity contribution in [1.29, 1.82) is 0 Å². The van der Waals surface area contributed by atoms with Gasteiger partial charge in [0.05, 0.1) is 16.4 Å². The molecule has 108 valence electrons. The lowest BCUT2D eigenvalue weighted by molar-refractivity contribution is 0.751. The van der Waals surface area contributed by atoms with Gasteiger partial charge in [0, 0.05) is 11.1 Å². The van der Waals surface area contributed by atoms with Crippen molar-refractivity contribution in [2.24, 2.45) is 0 Å². The van der Waals surface area contributed by atoms with E-state index in [-0.39, 0.29) is 0 Å². The summed E-state index contributed by atoms with van der Waals surface area (Å²) in [4.78, 5) is 4.46. The average Bonchev–Trinajstić information content (AvgIpc) is 3.08. The fourth-order valence-electron chi connectivity index (χ4n) is 2.00. The van der Waals surface area contributed by atoms with Crippen molar-refractivity contribution in [2.75, 3.05) is 0 Å². The van der Waals surface area contributed by atoms with Gasteiger partial charge in [-0.05, 0) is 48.4 Å². The number of thiazole rings is 1. The predicted octanol–water partition coefficient (Wildman–Crippen LogP) is 3.34. The monoisotopic (exact) mass is 317 g/mol. The summed E-state index contributed by atoms with van der Waals surface area (Å²) in [7, 11) is 0. The molecular formula is C14H15N5S2. The van der Waals surface area contributed by atoms with E-state index in [1.807, 2.05) is 19.1 Å². The highest BCUT2D eigenvalue weighted by Crippen LogP contribution is 2.25. The van der Waals surface area contributed by atoms with Gasteiger partial charge in [0.25, 0.3) is 0 Å². The predicted molar refractivity (Wildman–Crippen MR) is 85.0 cm³/mol. The Balaban J connectivity index is 1.85. The third-order valence-electron chi connectivity index (χ3n) is 3.26. The van der Waals surface area contributed by atoms with Crippen molar-refractivity contribution in [3.05, 3.63) is 45.4 Å². The maximum absolute atomic E-state index is 4.46. The molecule has 0 unspecified atom stereocenters. The summed E-state index contributed by atoms with van der Waals surface area (Å²) in [5.41, 5.74) is 4.51. The van der Waals surface area contributed by atoms with Gasteiger partial charge in [-0.1, -0.05) is 23.9 Å². The first-order valence-electron chi connectivity index (χ1n) is 6.54. The zero-order chi connectivity index (χ0) is 14.8. The lowest BCUT2D eigenvalue weighted by atomic mass is 10.1. The van der Waals surface area contributed by atoms with Gasteiger partial charge in [0.15, 0.2) is 0 Å². The first-order valence-corrected chi connectivity index (χ1v) is 8.40. The van der Waals surface area contributed by atoms with Crippen LogP contribution in [0.2, 0.25) is 0 Å². The van der Waals surface area contributed by atoms with Gasteiger partial charge < -0.3 is 0 Å². The van der Waals surface area contributed by atoms with E-state index >= 15 is 0 Å². The fourth-order valence-corrected chi connectivity index (χ4v) is 3.49. The van der Waals surface area contributed by atoms with Crippen molar-refractivity contribution in [3.8, 4) is 5.69 Å². The smallest absolute Gasteiger partial charge is 0.214 e. The van der Waals surface area contributed by atoms with Gasteiger partial charge in [-0.25, -0.2) is 4.98 Å². The number of tetrazole rings is 1. The van der Waals surface area contributed by atoms with Crippen molar-refractivity contribution in [3.63, 3.8) is 0 Å². The highest BCUT2D eigenvalue weighted by molar-refractivity contribution is 7.98. The van der Waals surface area contributed by atoms with E-state index in [4.69, 9.17) is 0 Å². The van der Waals surface area contributed by atoms with Crippen LogP contribution in [0.5, 0.6) is 0 Å². The summed E-state index contributed by atoms with van der Waals surface area (Å²) in [6, 6.07) is 6.15. The molecule has 0 saturated carbocycles. The molecule has 3 rings (SSSR count). The Labute approximate surface area is 131 Å². The number of benzene rings is 1. The molecule has 0 atom stereocenters. The largest absolute Gasteiger partial charge is 0.246 e. The summed E-state index contributed by atoms with van der Waals surface area (Å²) in [6.45, 7) is 6.19. The quantitative estimate of drug-likeness (QED) is 0.691. The lowest BCUT2D eigenvalue weighted by Crippen LogP contribution is -2.02. The number of rotatable bonds is 4. The molecular weight excluding hydrogens is 302 g/mol. The van der Waals surface area contributed by atoms with Crippen LogP contribution in [0.1, 0.15) is 21.8 Å². The summed E-state index contributed by atoms with van der Waals surface area (Å²) in [5.74, 6) is 0.773. The number of hydrogen-bond acceptors (Lipinski definition) is 6. The van der Waals surface area contributed by atoms with E-state index in [1.165, 1.54) is 11.1 Å². The number of aryl methyl sites for hydroxylation is 2. The van der Waals surface area contributed by atoms with Gasteiger partial charge in [-0.15, -0.1) is 16.4 Å². The molecule has 5 nitrogen and oxygen atoms in total. The maximum Gasteiger partial charge on any atom is 0.214 e. The summed E-state index contributed by atoms with van der Waals surface area (Å²) in [6.07, 6.45) is 0. The topological polar surface area (TPSA) is 56.5 Å². The van der Waals surface area contributed by atoms with Crippen LogP contribution in [0.25, 0.3) is 5.69 Å².